The average Bonchev–Trinajstić information content (AvgIpc) is 2.52. The van der Waals surface area contributed by atoms with Gasteiger partial charge in [-0.3, -0.25) is 0 Å². The zero-order valence-electron chi connectivity index (χ0n) is 13.4. The van der Waals surface area contributed by atoms with Gasteiger partial charge in [0.05, 0.1) is 6.61 Å². The van der Waals surface area contributed by atoms with Gasteiger partial charge >= 0.3 is 5.97 Å². The van der Waals surface area contributed by atoms with Crippen LogP contribution in [0.15, 0.2) is 36.4 Å². The fourth-order valence-electron chi connectivity index (χ4n) is 2.11. The molecule has 0 aliphatic rings. The molecule has 5 heteroatoms. The third kappa shape index (κ3) is 4.63. The molecule has 2 rings (SSSR count). The smallest absolute Gasteiger partial charge is 0.349 e. The fourth-order valence-corrected chi connectivity index (χ4v) is 2.22. The van der Waals surface area contributed by atoms with E-state index in [2.05, 4.69) is 0 Å². The molecule has 0 aliphatic carbocycles. The van der Waals surface area contributed by atoms with Crippen molar-refractivity contribution in [2.75, 3.05) is 13.2 Å². The highest BCUT2D eigenvalue weighted by atomic mass is 35.5. The summed E-state index contributed by atoms with van der Waals surface area (Å²) in [5.74, 6) is 1.07. The van der Waals surface area contributed by atoms with Crippen LogP contribution in [0, 0.1) is 13.8 Å². The molecule has 0 N–H and O–H groups in total. The van der Waals surface area contributed by atoms with E-state index in [1.807, 2.05) is 32.9 Å². The van der Waals surface area contributed by atoms with E-state index < -0.39 is 5.97 Å². The Morgan fingerprint density at radius 3 is 2.17 bits per heavy atom. The molecule has 0 spiro atoms. The first-order chi connectivity index (χ1) is 11.0. The van der Waals surface area contributed by atoms with E-state index in [9.17, 15) is 4.79 Å². The van der Waals surface area contributed by atoms with Crippen molar-refractivity contribution in [2.24, 2.45) is 0 Å². The summed E-state index contributed by atoms with van der Waals surface area (Å²) in [5.41, 5.74) is 1.72. The van der Waals surface area contributed by atoms with Crippen molar-refractivity contribution in [3.05, 3.63) is 52.5 Å². The fraction of sp³-hybridized carbons (Fsp3) is 0.278. The van der Waals surface area contributed by atoms with Crippen molar-refractivity contribution in [3.63, 3.8) is 0 Å². The third-order valence-corrected chi connectivity index (χ3v) is 3.73. The van der Waals surface area contributed by atoms with Gasteiger partial charge in [0, 0.05) is 5.02 Å². The lowest BCUT2D eigenvalue weighted by atomic mass is 10.1. The Morgan fingerprint density at radius 1 is 1.04 bits per heavy atom. The summed E-state index contributed by atoms with van der Waals surface area (Å²) in [6, 6.07) is 10.6. The van der Waals surface area contributed by atoms with Crippen LogP contribution in [0.3, 0.4) is 0 Å². The van der Waals surface area contributed by atoms with Crippen molar-refractivity contribution in [2.45, 2.75) is 20.8 Å². The van der Waals surface area contributed by atoms with Gasteiger partial charge in [-0.05, 0) is 56.2 Å². The Morgan fingerprint density at radius 2 is 1.61 bits per heavy atom. The SMILES string of the molecule is CCOc1ccccc1OCC(=O)Oc1cc(C)c(Cl)c(C)c1. The first-order valence-corrected chi connectivity index (χ1v) is 7.71. The van der Waals surface area contributed by atoms with Crippen LogP contribution in [-0.4, -0.2) is 19.2 Å². The van der Waals surface area contributed by atoms with Crippen molar-refractivity contribution in [1.29, 1.82) is 0 Å². The number of halogens is 1. The molecule has 0 atom stereocenters. The van der Waals surface area contributed by atoms with Crippen molar-refractivity contribution in [3.8, 4) is 17.2 Å². The monoisotopic (exact) mass is 334 g/mol. The Balaban J connectivity index is 1.98. The van der Waals surface area contributed by atoms with Gasteiger partial charge in [-0.25, -0.2) is 4.79 Å². The highest BCUT2D eigenvalue weighted by molar-refractivity contribution is 6.32. The minimum Gasteiger partial charge on any atom is -0.490 e. The van der Waals surface area contributed by atoms with E-state index in [4.69, 9.17) is 25.8 Å². The Bertz CT molecular complexity index is 674. The number of hydrogen-bond acceptors (Lipinski definition) is 4. The van der Waals surface area contributed by atoms with Gasteiger partial charge in [-0.2, -0.15) is 0 Å². The van der Waals surface area contributed by atoms with Gasteiger partial charge in [-0.15, -0.1) is 0 Å². The number of esters is 1. The molecule has 4 nitrogen and oxygen atoms in total. The van der Waals surface area contributed by atoms with E-state index in [0.29, 0.717) is 28.9 Å². The lowest BCUT2D eigenvalue weighted by Gasteiger charge is -2.12. The summed E-state index contributed by atoms with van der Waals surface area (Å²) in [6.45, 7) is 5.93. The number of carbonyl (C=O) groups excluding carboxylic acids is 1. The van der Waals surface area contributed by atoms with Gasteiger partial charge in [-0.1, -0.05) is 23.7 Å². The number of hydrogen-bond donors (Lipinski definition) is 0. The van der Waals surface area contributed by atoms with Gasteiger partial charge in [0.15, 0.2) is 18.1 Å². The molecular weight excluding hydrogens is 316 g/mol. The highest BCUT2D eigenvalue weighted by Gasteiger charge is 2.11. The van der Waals surface area contributed by atoms with Crippen LogP contribution >= 0.6 is 11.6 Å². The molecule has 0 aliphatic heterocycles. The van der Waals surface area contributed by atoms with Crippen LogP contribution < -0.4 is 14.2 Å². The van der Waals surface area contributed by atoms with E-state index in [-0.39, 0.29) is 6.61 Å². The molecule has 122 valence electrons. The molecule has 23 heavy (non-hydrogen) atoms. The van der Waals surface area contributed by atoms with E-state index in [1.165, 1.54) is 0 Å². The number of rotatable bonds is 6. The van der Waals surface area contributed by atoms with E-state index in [0.717, 1.165) is 11.1 Å². The van der Waals surface area contributed by atoms with Crippen LogP contribution in [0.1, 0.15) is 18.1 Å². The number of aryl methyl sites for hydroxylation is 2. The molecule has 0 amide bonds. The zero-order valence-corrected chi connectivity index (χ0v) is 14.1. The Hall–Kier alpha value is -2.20. The second kappa shape index (κ2) is 7.88. The maximum absolute atomic E-state index is 11.9. The number of benzene rings is 2. The summed E-state index contributed by atoms with van der Waals surface area (Å²) >= 11 is 6.10. The number of carbonyl (C=O) groups is 1. The lowest BCUT2D eigenvalue weighted by molar-refractivity contribution is -0.136. The molecule has 0 unspecified atom stereocenters. The standard InChI is InChI=1S/C18H19ClO4/c1-4-21-15-7-5-6-8-16(15)22-11-17(20)23-14-9-12(2)18(19)13(3)10-14/h5-10H,4,11H2,1-3H3. The molecule has 0 saturated heterocycles. The van der Waals surface area contributed by atoms with Crippen LogP contribution in [0.2, 0.25) is 5.02 Å². The minimum atomic E-state index is -0.488. The van der Waals surface area contributed by atoms with E-state index >= 15 is 0 Å². The molecule has 0 radical (unpaired) electrons. The number of ether oxygens (including phenoxy) is 3. The third-order valence-electron chi connectivity index (χ3n) is 3.14. The topological polar surface area (TPSA) is 44.8 Å². The Labute approximate surface area is 140 Å². The molecule has 0 aromatic heterocycles. The lowest BCUT2D eigenvalue weighted by Crippen LogP contribution is -2.18. The molecular formula is C18H19ClO4. The van der Waals surface area contributed by atoms with Crippen molar-refractivity contribution >= 4 is 17.6 Å². The average molecular weight is 335 g/mol. The first kappa shape index (κ1) is 17.2. The van der Waals surface area contributed by atoms with Crippen molar-refractivity contribution in [1.82, 2.24) is 0 Å². The van der Waals surface area contributed by atoms with Gasteiger partial charge in [0.1, 0.15) is 5.75 Å². The molecule has 0 fully saturated rings. The van der Waals surface area contributed by atoms with E-state index in [1.54, 1.807) is 24.3 Å². The number of para-hydroxylation sites is 2. The zero-order chi connectivity index (χ0) is 16.8. The maximum atomic E-state index is 11.9. The predicted octanol–water partition coefficient (Wildman–Crippen LogP) is 4.34. The summed E-state index contributed by atoms with van der Waals surface area (Å²) in [6.07, 6.45) is 0. The summed E-state index contributed by atoms with van der Waals surface area (Å²) in [4.78, 5) is 11.9. The molecule has 0 saturated carbocycles. The minimum absolute atomic E-state index is 0.204. The Kier molecular flexibility index (Phi) is 5.88. The summed E-state index contributed by atoms with van der Waals surface area (Å²) in [5, 5.41) is 0.673. The maximum Gasteiger partial charge on any atom is 0.349 e. The molecule has 2 aromatic carbocycles. The second-order valence-electron chi connectivity index (χ2n) is 5.01. The normalized spacial score (nSPS) is 10.3. The van der Waals surface area contributed by atoms with Gasteiger partial charge in [0.2, 0.25) is 0 Å². The second-order valence-corrected chi connectivity index (χ2v) is 5.39. The van der Waals surface area contributed by atoms with Crippen LogP contribution in [0.5, 0.6) is 17.2 Å². The first-order valence-electron chi connectivity index (χ1n) is 7.33. The van der Waals surface area contributed by atoms with Crippen LogP contribution in [0.25, 0.3) is 0 Å². The summed E-state index contributed by atoms with van der Waals surface area (Å²) in [7, 11) is 0. The molecule has 2 aromatic rings. The highest BCUT2D eigenvalue weighted by Crippen LogP contribution is 2.27. The molecule has 0 heterocycles. The van der Waals surface area contributed by atoms with Crippen molar-refractivity contribution < 1.29 is 19.0 Å². The van der Waals surface area contributed by atoms with Gasteiger partial charge < -0.3 is 14.2 Å². The quantitative estimate of drug-likeness (QED) is 0.582. The largest absolute Gasteiger partial charge is 0.490 e. The van der Waals surface area contributed by atoms with Crippen LogP contribution in [-0.2, 0) is 4.79 Å². The van der Waals surface area contributed by atoms with Crippen LogP contribution in [0.4, 0.5) is 0 Å². The summed E-state index contributed by atoms with van der Waals surface area (Å²) < 4.78 is 16.2. The predicted molar refractivity (Wildman–Crippen MR) is 89.7 cm³/mol. The van der Waals surface area contributed by atoms with Gasteiger partial charge in [0.25, 0.3) is 0 Å². The molecule has 0 bridgehead atoms.